The summed E-state index contributed by atoms with van der Waals surface area (Å²) < 4.78 is 0.922. The minimum Gasteiger partial charge on any atom is -0.354 e. The Balaban J connectivity index is 2.01. The van der Waals surface area contributed by atoms with Gasteiger partial charge in [-0.25, -0.2) is 0 Å². The lowest BCUT2D eigenvalue weighted by Crippen LogP contribution is -2.45. The smallest absolute Gasteiger partial charge is 0.251 e. The van der Waals surface area contributed by atoms with Gasteiger partial charge >= 0.3 is 0 Å². The van der Waals surface area contributed by atoms with Crippen molar-refractivity contribution in [1.82, 2.24) is 10.6 Å². The Morgan fingerprint density at radius 2 is 2.00 bits per heavy atom. The summed E-state index contributed by atoms with van der Waals surface area (Å²) >= 11 is 3.32. The summed E-state index contributed by atoms with van der Waals surface area (Å²) in [5.41, 5.74) is 0.565. The lowest BCUT2D eigenvalue weighted by Gasteiger charge is -2.15. The van der Waals surface area contributed by atoms with E-state index < -0.39 is 6.04 Å². The number of benzene rings is 1. The van der Waals surface area contributed by atoms with Crippen LogP contribution >= 0.6 is 15.9 Å². The van der Waals surface area contributed by atoms with Crippen LogP contribution in [-0.4, -0.2) is 24.4 Å². The molecule has 1 heterocycles. The van der Waals surface area contributed by atoms with E-state index >= 15 is 0 Å². The third-order valence-corrected chi connectivity index (χ3v) is 3.48. The van der Waals surface area contributed by atoms with E-state index in [4.69, 9.17) is 0 Å². The predicted octanol–water partition coefficient (Wildman–Crippen LogP) is 1.85. The van der Waals surface area contributed by atoms with Gasteiger partial charge in [0.2, 0.25) is 5.91 Å². The molecular formula is C13H15BrN2O2. The quantitative estimate of drug-likeness (QED) is 0.876. The van der Waals surface area contributed by atoms with Crippen LogP contribution in [0.2, 0.25) is 0 Å². The second-order valence-electron chi connectivity index (χ2n) is 4.32. The van der Waals surface area contributed by atoms with Crippen LogP contribution in [0.5, 0.6) is 0 Å². The van der Waals surface area contributed by atoms with Gasteiger partial charge in [0.05, 0.1) is 0 Å². The van der Waals surface area contributed by atoms with Gasteiger partial charge in [-0.3, -0.25) is 9.59 Å². The van der Waals surface area contributed by atoms with Crippen molar-refractivity contribution < 1.29 is 9.59 Å². The molecule has 2 rings (SSSR count). The van der Waals surface area contributed by atoms with Crippen molar-refractivity contribution in [3.8, 4) is 0 Å². The van der Waals surface area contributed by atoms with Crippen molar-refractivity contribution >= 4 is 27.7 Å². The molecule has 5 heteroatoms. The highest BCUT2D eigenvalue weighted by Crippen LogP contribution is 2.11. The molecule has 0 spiro atoms. The first-order valence-electron chi connectivity index (χ1n) is 6.01. The molecule has 0 aromatic heterocycles. The van der Waals surface area contributed by atoms with Gasteiger partial charge in [0, 0.05) is 16.6 Å². The molecule has 96 valence electrons. The Morgan fingerprint density at radius 1 is 1.28 bits per heavy atom. The average Bonchev–Trinajstić information content (AvgIpc) is 2.56. The van der Waals surface area contributed by atoms with Crippen LogP contribution in [0.3, 0.4) is 0 Å². The van der Waals surface area contributed by atoms with E-state index in [0.29, 0.717) is 18.5 Å². The maximum Gasteiger partial charge on any atom is 0.251 e. The number of carbonyl (C=O) groups excluding carboxylic acids is 2. The monoisotopic (exact) mass is 310 g/mol. The minimum absolute atomic E-state index is 0.0852. The summed E-state index contributed by atoms with van der Waals surface area (Å²) in [6, 6.07) is 6.66. The van der Waals surface area contributed by atoms with Gasteiger partial charge in [-0.2, -0.15) is 0 Å². The summed E-state index contributed by atoms with van der Waals surface area (Å²) in [5, 5.41) is 5.58. The molecule has 0 aliphatic carbocycles. The van der Waals surface area contributed by atoms with E-state index in [-0.39, 0.29) is 11.8 Å². The molecule has 1 atom stereocenters. The van der Waals surface area contributed by atoms with Gasteiger partial charge < -0.3 is 10.6 Å². The fraction of sp³-hybridized carbons (Fsp3) is 0.385. The molecule has 1 aliphatic rings. The highest BCUT2D eigenvalue weighted by atomic mass is 79.9. The highest BCUT2D eigenvalue weighted by Gasteiger charge is 2.22. The van der Waals surface area contributed by atoms with Crippen molar-refractivity contribution in [3.63, 3.8) is 0 Å². The van der Waals surface area contributed by atoms with Crippen molar-refractivity contribution in [3.05, 3.63) is 34.3 Å². The molecule has 1 aliphatic heterocycles. The van der Waals surface area contributed by atoms with Crippen LogP contribution in [0.15, 0.2) is 28.7 Å². The van der Waals surface area contributed by atoms with Gasteiger partial charge in [-0.15, -0.1) is 0 Å². The van der Waals surface area contributed by atoms with Gasteiger partial charge in [-0.1, -0.05) is 15.9 Å². The average molecular weight is 311 g/mol. The molecule has 0 bridgehead atoms. The summed E-state index contributed by atoms with van der Waals surface area (Å²) in [6.07, 6.45) is 2.62. The Labute approximate surface area is 114 Å². The third kappa shape index (κ3) is 3.32. The number of rotatable bonds is 2. The van der Waals surface area contributed by atoms with Crippen LogP contribution in [0.25, 0.3) is 0 Å². The molecule has 2 amide bonds. The zero-order valence-electron chi connectivity index (χ0n) is 9.91. The van der Waals surface area contributed by atoms with Crippen molar-refractivity contribution in [2.75, 3.05) is 6.54 Å². The first kappa shape index (κ1) is 13.1. The topological polar surface area (TPSA) is 58.2 Å². The zero-order valence-corrected chi connectivity index (χ0v) is 11.5. The molecular weight excluding hydrogens is 296 g/mol. The second-order valence-corrected chi connectivity index (χ2v) is 5.24. The van der Waals surface area contributed by atoms with Crippen LogP contribution in [-0.2, 0) is 4.79 Å². The summed E-state index contributed by atoms with van der Waals surface area (Å²) in [7, 11) is 0. The molecule has 0 saturated carbocycles. The number of nitrogens with one attached hydrogen (secondary N) is 2. The SMILES string of the molecule is O=C(NC1CCCCNC1=O)c1ccc(Br)cc1. The number of carbonyl (C=O) groups is 2. The van der Waals surface area contributed by atoms with E-state index in [0.717, 1.165) is 17.3 Å². The maximum absolute atomic E-state index is 12.0. The number of amides is 2. The Kier molecular flexibility index (Phi) is 4.36. The van der Waals surface area contributed by atoms with Crippen LogP contribution in [0, 0.1) is 0 Å². The molecule has 2 N–H and O–H groups in total. The Hall–Kier alpha value is -1.36. The van der Waals surface area contributed by atoms with E-state index in [1.54, 1.807) is 12.1 Å². The number of hydrogen-bond acceptors (Lipinski definition) is 2. The lowest BCUT2D eigenvalue weighted by molar-refractivity contribution is -0.122. The first-order valence-corrected chi connectivity index (χ1v) is 6.80. The van der Waals surface area contributed by atoms with Gasteiger partial charge in [-0.05, 0) is 43.5 Å². The fourth-order valence-corrected chi connectivity index (χ4v) is 2.18. The summed E-state index contributed by atoms with van der Waals surface area (Å²) in [5.74, 6) is -0.289. The largest absolute Gasteiger partial charge is 0.354 e. The molecule has 1 aromatic rings. The van der Waals surface area contributed by atoms with Crippen molar-refractivity contribution in [2.45, 2.75) is 25.3 Å². The van der Waals surface area contributed by atoms with Crippen LogP contribution in [0.4, 0.5) is 0 Å². The van der Waals surface area contributed by atoms with E-state index in [1.807, 2.05) is 12.1 Å². The Bertz CT molecular complexity index is 445. The fourth-order valence-electron chi connectivity index (χ4n) is 1.92. The molecule has 1 unspecified atom stereocenters. The molecule has 1 saturated heterocycles. The molecule has 0 radical (unpaired) electrons. The van der Waals surface area contributed by atoms with E-state index in [9.17, 15) is 9.59 Å². The molecule has 4 nitrogen and oxygen atoms in total. The predicted molar refractivity (Wildman–Crippen MR) is 72.3 cm³/mol. The normalized spacial score (nSPS) is 19.8. The molecule has 18 heavy (non-hydrogen) atoms. The molecule has 1 fully saturated rings. The van der Waals surface area contributed by atoms with Crippen molar-refractivity contribution in [1.29, 1.82) is 0 Å². The molecule has 1 aromatic carbocycles. The number of halogens is 1. The van der Waals surface area contributed by atoms with Crippen LogP contribution in [0.1, 0.15) is 29.6 Å². The summed E-state index contributed by atoms with van der Waals surface area (Å²) in [6.45, 7) is 0.698. The third-order valence-electron chi connectivity index (χ3n) is 2.95. The maximum atomic E-state index is 12.0. The van der Waals surface area contributed by atoms with E-state index in [1.165, 1.54) is 0 Å². The Morgan fingerprint density at radius 3 is 2.72 bits per heavy atom. The van der Waals surface area contributed by atoms with Crippen molar-refractivity contribution in [2.24, 2.45) is 0 Å². The minimum atomic E-state index is -0.413. The highest BCUT2D eigenvalue weighted by molar-refractivity contribution is 9.10. The zero-order chi connectivity index (χ0) is 13.0. The first-order chi connectivity index (χ1) is 8.66. The second kappa shape index (κ2) is 6.00. The standard InChI is InChI=1S/C13H15BrN2O2/c14-10-6-4-9(5-7-10)12(17)16-11-3-1-2-8-15-13(11)18/h4-7,11H,1-3,8H2,(H,15,18)(H,16,17). The van der Waals surface area contributed by atoms with Gasteiger partial charge in [0.15, 0.2) is 0 Å². The van der Waals surface area contributed by atoms with E-state index in [2.05, 4.69) is 26.6 Å². The number of hydrogen-bond donors (Lipinski definition) is 2. The van der Waals surface area contributed by atoms with Gasteiger partial charge in [0.25, 0.3) is 5.91 Å². The summed E-state index contributed by atoms with van der Waals surface area (Å²) in [4.78, 5) is 23.7. The van der Waals surface area contributed by atoms with Crippen LogP contribution < -0.4 is 10.6 Å². The van der Waals surface area contributed by atoms with Gasteiger partial charge in [0.1, 0.15) is 6.04 Å². The lowest BCUT2D eigenvalue weighted by atomic mass is 10.1.